The van der Waals surface area contributed by atoms with E-state index in [-0.39, 0.29) is 5.69 Å². The molecule has 0 aliphatic rings. The van der Waals surface area contributed by atoms with E-state index in [1.54, 1.807) is 19.2 Å². The van der Waals surface area contributed by atoms with Crippen molar-refractivity contribution >= 4 is 28.3 Å². The molecule has 0 aliphatic heterocycles. The third-order valence-electron chi connectivity index (χ3n) is 3.21. The fourth-order valence-corrected chi connectivity index (χ4v) is 2.62. The molecule has 0 radical (unpaired) electrons. The topological polar surface area (TPSA) is 70.8 Å². The second kappa shape index (κ2) is 8.82. The first-order valence-electron chi connectivity index (χ1n) is 7.41. The van der Waals surface area contributed by atoms with Crippen molar-refractivity contribution in [3.8, 4) is 17.2 Å². The van der Waals surface area contributed by atoms with Crippen molar-refractivity contribution in [1.82, 2.24) is 0 Å². The van der Waals surface area contributed by atoms with Gasteiger partial charge in [-0.3, -0.25) is 10.1 Å². The van der Waals surface area contributed by atoms with E-state index < -0.39 is 4.92 Å². The van der Waals surface area contributed by atoms with E-state index in [1.165, 1.54) is 12.1 Å². The molecule has 0 unspecified atom stereocenters. The van der Waals surface area contributed by atoms with E-state index in [4.69, 9.17) is 14.2 Å². The second-order valence-corrected chi connectivity index (χ2v) is 6.56. The largest absolute Gasteiger partial charge is 0.493 e. The van der Waals surface area contributed by atoms with Gasteiger partial charge in [-0.15, -0.1) is 0 Å². The first kappa shape index (κ1) is 19.2. The molecular weight excluding hydrogens is 437 g/mol. The number of non-ortho nitro benzene ring substituents is 1. The highest BCUT2D eigenvalue weighted by molar-refractivity contribution is 14.1. The number of nitro benzene ring substituents is 1. The van der Waals surface area contributed by atoms with E-state index in [0.29, 0.717) is 30.5 Å². The molecule has 2 aromatic rings. The number of hydrogen-bond donors (Lipinski definition) is 0. The van der Waals surface area contributed by atoms with Gasteiger partial charge in [0.1, 0.15) is 5.75 Å². The number of ether oxygens (including phenoxy) is 3. The maximum atomic E-state index is 10.7. The molecule has 6 nitrogen and oxygen atoms in total. The smallest absolute Gasteiger partial charge is 0.269 e. The van der Waals surface area contributed by atoms with Gasteiger partial charge in [-0.2, -0.15) is 0 Å². The number of hydrogen-bond acceptors (Lipinski definition) is 5. The summed E-state index contributed by atoms with van der Waals surface area (Å²) >= 11 is 2.21. The number of nitro groups is 1. The van der Waals surface area contributed by atoms with E-state index in [2.05, 4.69) is 29.2 Å². The Kier molecular flexibility index (Phi) is 6.77. The third-order valence-corrected chi connectivity index (χ3v) is 4.22. The van der Waals surface area contributed by atoms with Crippen LogP contribution in [0.1, 0.15) is 12.5 Å². The first-order valence-corrected chi connectivity index (χ1v) is 8.49. The molecule has 7 heteroatoms. The molecule has 0 saturated heterocycles. The molecule has 2 aromatic carbocycles. The van der Waals surface area contributed by atoms with E-state index >= 15 is 0 Å². The number of methoxy groups -OCH3 is 1. The molecule has 0 amide bonds. The monoisotopic (exact) mass is 455 g/mol. The highest BCUT2D eigenvalue weighted by Gasteiger charge is 2.12. The van der Waals surface area contributed by atoms with E-state index in [0.717, 1.165) is 14.7 Å². The summed E-state index contributed by atoms with van der Waals surface area (Å²) in [5.41, 5.74) is 1.95. The zero-order valence-corrected chi connectivity index (χ0v) is 16.1. The summed E-state index contributed by atoms with van der Waals surface area (Å²) in [7, 11) is 1.56. The highest BCUT2D eigenvalue weighted by atomic mass is 127. The molecule has 0 atom stereocenters. The van der Waals surface area contributed by atoms with Crippen LogP contribution in [-0.2, 0) is 11.3 Å². The standard InChI is InChI=1S/C18H18INO5/c1-12(2)10-24-11-13-8-17(23-3)18(9-16(13)19)25-15-6-4-14(5-7-15)20(21)22/h4-9H,1,10-11H2,2-3H3. The van der Waals surface area contributed by atoms with Crippen molar-refractivity contribution in [3.05, 3.63) is 67.8 Å². The zero-order valence-electron chi connectivity index (χ0n) is 14.0. The average molecular weight is 455 g/mol. The fraction of sp³-hybridized carbons (Fsp3) is 0.222. The summed E-state index contributed by atoms with van der Waals surface area (Å²) in [5.74, 6) is 1.59. The Balaban J connectivity index is 2.18. The van der Waals surface area contributed by atoms with E-state index in [9.17, 15) is 10.1 Å². The maximum absolute atomic E-state index is 10.7. The Labute approximate surface area is 159 Å². The number of rotatable bonds is 8. The van der Waals surface area contributed by atoms with Crippen LogP contribution in [0.25, 0.3) is 0 Å². The Bertz CT molecular complexity index is 774. The van der Waals surface area contributed by atoms with Gasteiger partial charge in [-0.05, 0) is 59.3 Å². The molecule has 0 bridgehead atoms. The van der Waals surface area contributed by atoms with Crippen molar-refractivity contribution in [1.29, 1.82) is 0 Å². The fourth-order valence-electron chi connectivity index (χ4n) is 2.03. The van der Waals surface area contributed by atoms with Gasteiger partial charge in [-0.25, -0.2) is 0 Å². The molecule has 2 rings (SSSR count). The minimum Gasteiger partial charge on any atom is -0.493 e. The summed E-state index contributed by atoms with van der Waals surface area (Å²) in [4.78, 5) is 10.3. The van der Waals surface area contributed by atoms with Crippen molar-refractivity contribution in [2.75, 3.05) is 13.7 Å². The quantitative estimate of drug-likeness (QED) is 0.240. The average Bonchev–Trinajstić information content (AvgIpc) is 2.57. The van der Waals surface area contributed by atoms with Crippen LogP contribution in [0.2, 0.25) is 0 Å². The summed E-state index contributed by atoms with van der Waals surface area (Å²) in [5, 5.41) is 10.7. The Hall–Kier alpha value is -2.13. The van der Waals surface area contributed by atoms with Crippen LogP contribution >= 0.6 is 22.6 Å². The van der Waals surface area contributed by atoms with Gasteiger partial charge >= 0.3 is 0 Å². The second-order valence-electron chi connectivity index (χ2n) is 5.40. The van der Waals surface area contributed by atoms with Crippen LogP contribution in [0.15, 0.2) is 48.6 Å². The molecule has 132 valence electrons. The van der Waals surface area contributed by atoms with Crippen molar-refractivity contribution in [2.45, 2.75) is 13.5 Å². The van der Waals surface area contributed by atoms with Gasteiger partial charge in [0.05, 0.1) is 25.2 Å². The van der Waals surface area contributed by atoms with Gasteiger partial charge in [-0.1, -0.05) is 12.2 Å². The molecule has 0 aromatic heterocycles. The molecule has 0 heterocycles. The number of nitrogens with zero attached hydrogens (tertiary/aromatic N) is 1. The minimum atomic E-state index is -0.451. The molecule has 0 N–H and O–H groups in total. The lowest BCUT2D eigenvalue weighted by atomic mass is 10.2. The predicted molar refractivity (Wildman–Crippen MR) is 103 cm³/mol. The first-order chi connectivity index (χ1) is 11.9. The van der Waals surface area contributed by atoms with Crippen LogP contribution < -0.4 is 9.47 Å². The summed E-state index contributed by atoms with van der Waals surface area (Å²) in [6, 6.07) is 9.60. The maximum Gasteiger partial charge on any atom is 0.269 e. The Morgan fingerprint density at radius 2 is 1.92 bits per heavy atom. The van der Waals surface area contributed by atoms with Gasteiger partial charge in [0.25, 0.3) is 5.69 Å². The normalized spacial score (nSPS) is 10.4. The third kappa shape index (κ3) is 5.43. The molecule has 25 heavy (non-hydrogen) atoms. The number of halogens is 1. The summed E-state index contributed by atoms with van der Waals surface area (Å²) < 4.78 is 17.8. The molecule has 0 aliphatic carbocycles. The van der Waals surface area contributed by atoms with Crippen LogP contribution in [0, 0.1) is 13.7 Å². The van der Waals surface area contributed by atoms with Gasteiger partial charge in [0.2, 0.25) is 0 Å². The van der Waals surface area contributed by atoms with Gasteiger partial charge in [0, 0.05) is 15.7 Å². The van der Waals surface area contributed by atoms with Crippen LogP contribution in [0.4, 0.5) is 5.69 Å². The SMILES string of the molecule is C=C(C)COCc1cc(OC)c(Oc2ccc([N+](=O)[O-])cc2)cc1I. The minimum absolute atomic E-state index is 0.0129. The number of benzene rings is 2. The summed E-state index contributed by atoms with van der Waals surface area (Å²) in [6.07, 6.45) is 0. The Morgan fingerprint density at radius 3 is 2.48 bits per heavy atom. The predicted octanol–water partition coefficient (Wildman–Crippen LogP) is 5.09. The van der Waals surface area contributed by atoms with Crippen LogP contribution in [0.3, 0.4) is 0 Å². The van der Waals surface area contributed by atoms with Crippen molar-refractivity contribution < 1.29 is 19.1 Å². The lowest BCUT2D eigenvalue weighted by Crippen LogP contribution is -2.00. The lowest BCUT2D eigenvalue weighted by molar-refractivity contribution is -0.384. The highest BCUT2D eigenvalue weighted by Crippen LogP contribution is 2.35. The molecular formula is C18H18INO5. The van der Waals surface area contributed by atoms with Gasteiger partial charge in [0.15, 0.2) is 11.5 Å². The summed E-state index contributed by atoms with van der Waals surface area (Å²) in [6.45, 7) is 6.66. The van der Waals surface area contributed by atoms with E-state index in [1.807, 2.05) is 19.1 Å². The van der Waals surface area contributed by atoms with Crippen molar-refractivity contribution in [3.63, 3.8) is 0 Å². The van der Waals surface area contributed by atoms with Gasteiger partial charge < -0.3 is 14.2 Å². The zero-order chi connectivity index (χ0) is 18.4. The molecule has 0 saturated carbocycles. The van der Waals surface area contributed by atoms with Crippen LogP contribution in [0.5, 0.6) is 17.2 Å². The van der Waals surface area contributed by atoms with Crippen LogP contribution in [-0.4, -0.2) is 18.6 Å². The molecule has 0 fully saturated rings. The lowest BCUT2D eigenvalue weighted by Gasteiger charge is -2.14. The van der Waals surface area contributed by atoms with Crippen molar-refractivity contribution in [2.24, 2.45) is 0 Å². The molecule has 0 spiro atoms. The Morgan fingerprint density at radius 1 is 1.24 bits per heavy atom.